The summed E-state index contributed by atoms with van der Waals surface area (Å²) in [6.45, 7) is 2.14. The van der Waals surface area contributed by atoms with E-state index in [-0.39, 0.29) is 12.5 Å². The lowest BCUT2D eigenvalue weighted by Gasteiger charge is -2.15. The summed E-state index contributed by atoms with van der Waals surface area (Å²) in [5.74, 6) is 1.01. The number of rotatable bonds is 4. The van der Waals surface area contributed by atoms with E-state index in [2.05, 4.69) is 0 Å². The fraction of sp³-hybridized carbons (Fsp3) is 0.455. The van der Waals surface area contributed by atoms with Gasteiger partial charge in [0.2, 0.25) is 0 Å². The molecule has 0 radical (unpaired) electrons. The third-order valence-electron chi connectivity index (χ3n) is 2.24. The van der Waals surface area contributed by atoms with Gasteiger partial charge in [0.05, 0.1) is 7.11 Å². The summed E-state index contributed by atoms with van der Waals surface area (Å²) in [5.41, 5.74) is 1.07. The Balaban J connectivity index is 3.14. The standard InChI is InChI=1S/C11H16O2S/c1-8(7-12)9-5-4-6-10(14-3)11(9)13-2/h4-6,8,12H,7H2,1-3H3. The van der Waals surface area contributed by atoms with Crippen molar-refractivity contribution in [2.24, 2.45) is 0 Å². The van der Waals surface area contributed by atoms with Crippen molar-refractivity contribution < 1.29 is 9.84 Å². The van der Waals surface area contributed by atoms with E-state index in [0.29, 0.717) is 0 Å². The van der Waals surface area contributed by atoms with Crippen LogP contribution in [0.25, 0.3) is 0 Å². The number of thioether (sulfide) groups is 1. The molecule has 0 saturated heterocycles. The summed E-state index contributed by atoms with van der Waals surface area (Å²) in [7, 11) is 1.67. The number of para-hydroxylation sites is 1. The van der Waals surface area contributed by atoms with E-state index >= 15 is 0 Å². The molecular formula is C11H16O2S. The van der Waals surface area contributed by atoms with Gasteiger partial charge in [0, 0.05) is 23.0 Å². The molecule has 0 aliphatic carbocycles. The highest BCUT2D eigenvalue weighted by atomic mass is 32.2. The molecule has 0 amide bonds. The van der Waals surface area contributed by atoms with Crippen molar-refractivity contribution in [3.63, 3.8) is 0 Å². The molecule has 78 valence electrons. The van der Waals surface area contributed by atoms with Crippen molar-refractivity contribution in [3.05, 3.63) is 23.8 Å². The molecule has 1 N–H and O–H groups in total. The summed E-state index contributed by atoms with van der Waals surface area (Å²) in [4.78, 5) is 1.12. The Labute approximate surface area is 89.3 Å². The van der Waals surface area contributed by atoms with Crippen LogP contribution >= 0.6 is 11.8 Å². The number of hydrogen-bond donors (Lipinski definition) is 1. The topological polar surface area (TPSA) is 29.5 Å². The molecule has 0 aromatic heterocycles. The first-order chi connectivity index (χ1) is 6.74. The van der Waals surface area contributed by atoms with Crippen molar-refractivity contribution in [1.82, 2.24) is 0 Å². The number of aliphatic hydroxyl groups is 1. The number of ether oxygens (including phenoxy) is 1. The van der Waals surface area contributed by atoms with Gasteiger partial charge in [0.15, 0.2) is 0 Å². The molecule has 0 heterocycles. The van der Waals surface area contributed by atoms with Crippen LogP contribution in [0.3, 0.4) is 0 Å². The number of hydrogen-bond acceptors (Lipinski definition) is 3. The Bertz CT molecular complexity index is 299. The lowest BCUT2D eigenvalue weighted by molar-refractivity contribution is 0.269. The second kappa shape index (κ2) is 5.27. The summed E-state index contributed by atoms with van der Waals surface area (Å²) in [6.07, 6.45) is 2.02. The van der Waals surface area contributed by atoms with E-state index in [4.69, 9.17) is 9.84 Å². The molecule has 1 unspecified atom stereocenters. The molecule has 1 aromatic rings. The zero-order valence-electron chi connectivity index (χ0n) is 8.78. The second-order valence-corrected chi connectivity index (χ2v) is 4.01. The lowest BCUT2D eigenvalue weighted by Crippen LogP contribution is -2.02. The average molecular weight is 212 g/mol. The summed E-state index contributed by atoms with van der Waals surface area (Å²) in [6, 6.07) is 6.02. The maximum Gasteiger partial charge on any atom is 0.135 e. The second-order valence-electron chi connectivity index (χ2n) is 3.17. The summed E-state index contributed by atoms with van der Waals surface area (Å²) >= 11 is 1.66. The molecule has 0 aliphatic rings. The highest BCUT2D eigenvalue weighted by Gasteiger charge is 2.13. The highest BCUT2D eigenvalue weighted by Crippen LogP contribution is 2.34. The Morgan fingerprint density at radius 1 is 1.50 bits per heavy atom. The fourth-order valence-corrected chi connectivity index (χ4v) is 2.00. The van der Waals surface area contributed by atoms with E-state index in [9.17, 15) is 0 Å². The smallest absolute Gasteiger partial charge is 0.135 e. The SMILES string of the molecule is COc1c(SC)cccc1C(C)CO. The van der Waals surface area contributed by atoms with Crippen LogP contribution in [0.5, 0.6) is 5.75 Å². The first kappa shape index (κ1) is 11.4. The molecular weight excluding hydrogens is 196 g/mol. The monoisotopic (exact) mass is 212 g/mol. The summed E-state index contributed by atoms with van der Waals surface area (Å²) < 4.78 is 5.36. The van der Waals surface area contributed by atoms with Gasteiger partial charge in [-0.2, -0.15) is 0 Å². The number of benzene rings is 1. The molecule has 1 atom stereocenters. The van der Waals surface area contributed by atoms with Gasteiger partial charge in [-0.05, 0) is 12.3 Å². The average Bonchev–Trinajstić information content (AvgIpc) is 2.26. The zero-order valence-corrected chi connectivity index (χ0v) is 9.60. The lowest BCUT2D eigenvalue weighted by atomic mass is 10.0. The third kappa shape index (κ3) is 2.22. The number of aliphatic hydroxyl groups excluding tert-OH is 1. The van der Waals surface area contributed by atoms with Crippen LogP contribution in [0.4, 0.5) is 0 Å². The normalized spacial score (nSPS) is 12.6. The Morgan fingerprint density at radius 2 is 2.21 bits per heavy atom. The van der Waals surface area contributed by atoms with E-state index in [1.54, 1.807) is 18.9 Å². The highest BCUT2D eigenvalue weighted by molar-refractivity contribution is 7.98. The van der Waals surface area contributed by atoms with E-state index < -0.39 is 0 Å². The van der Waals surface area contributed by atoms with Gasteiger partial charge >= 0.3 is 0 Å². The van der Waals surface area contributed by atoms with Crippen molar-refractivity contribution >= 4 is 11.8 Å². The van der Waals surface area contributed by atoms with E-state index in [1.165, 1.54) is 0 Å². The fourth-order valence-electron chi connectivity index (χ4n) is 1.40. The van der Waals surface area contributed by atoms with E-state index in [1.807, 2.05) is 31.4 Å². The van der Waals surface area contributed by atoms with Crippen molar-refractivity contribution in [2.45, 2.75) is 17.7 Å². The van der Waals surface area contributed by atoms with Crippen LogP contribution in [0.2, 0.25) is 0 Å². The Kier molecular flexibility index (Phi) is 4.29. The Morgan fingerprint density at radius 3 is 2.71 bits per heavy atom. The van der Waals surface area contributed by atoms with Crippen LogP contribution < -0.4 is 4.74 Å². The molecule has 0 aliphatic heterocycles. The first-order valence-corrected chi connectivity index (χ1v) is 5.78. The van der Waals surface area contributed by atoms with Gasteiger partial charge < -0.3 is 9.84 Å². The van der Waals surface area contributed by atoms with Crippen LogP contribution in [0, 0.1) is 0 Å². The first-order valence-electron chi connectivity index (χ1n) is 4.56. The van der Waals surface area contributed by atoms with Gasteiger partial charge in [0.1, 0.15) is 5.75 Å². The molecule has 0 spiro atoms. The van der Waals surface area contributed by atoms with Gasteiger partial charge in [-0.3, -0.25) is 0 Å². The maximum absolute atomic E-state index is 9.11. The van der Waals surface area contributed by atoms with Gasteiger partial charge in [-0.1, -0.05) is 19.1 Å². The number of methoxy groups -OCH3 is 1. The third-order valence-corrected chi connectivity index (χ3v) is 3.00. The molecule has 0 bridgehead atoms. The molecule has 1 rings (SSSR count). The zero-order chi connectivity index (χ0) is 10.6. The minimum Gasteiger partial charge on any atom is -0.495 e. The van der Waals surface area contributed by atoms with Crippen molar-refractivity contribution in [2.75, 3.05) is 20.0 Å². The minimum absolute atomic E-state index is 0.122. The van der Waals surface area contributed by atoms with Crippen LogP contribution in [0.15, 0.2) is 23.1 Å². The van der Waals surface area contributed by atoms with Crippen LogP contribution in [-0.2, 0) is 0 Å². The van der Waals surface area contributed by atoms with Crippen molar-refractivity contribution in [3.8, 4) is 5.75 Å². The van der Waals surface area contributed by atoms with E-state index in [0.717, 1.165) is 16.2 Å². The van der Waals surface area contributed by atoms with Crippen LogP contribution in [0.1, 0.15) is 18.4 Å². The van der Waals surface area contributed by atoms with Crippen LogP contribution in [-0.4, -0.2) is 25.1 Å². The summed E-state index contributed by atoms with van der Waals surface area (Å²) in [5, 5.41) is 9.11. The quantitative estimate of drug-likeness (QED) is 0.778. The molecule has 3 heteroatoms. The largest absolute Gasteiger partial charge is 0.495 e. The molecule has 0 saturated carbocycles. The maximum atomic E-state index is 9.11. The van der Waals surface area contributed by atoms with Crippen molar-refractivity contribution in [1.29, 1.82) is 0 Å². The predicted octanol–water partition coefficient (Wildman–Crippen LogP) is 2.51. The minimum atomic E-state index is 0.122. The Hall–Kier alpha value is -0.670. The van der Waals surface area contributed by atoms with Gasteiger partial charge in [-0.25, -0.2) is 0 Å². The van der Waals surface area contributed by atoms with Gasteiger partial charge in [-0.15, -0.1) is 11.8 Å². The predicted molar refractivity (Wildman–Crippen MR) is 60.3 cm³/mol. The molecule has 1 aromatic carbocycles. The van der Waals surface area contributed by atoms with Gasteiger partial charge in [0.25, 0.3) is 0 Å². The molecule has 14 heavy (non-hydrogen) atoms. The molecule has 0 fully saturated rings. The molecule has 2 nitrogen and oxygen atoms in total.